The van der Waals surface area contributed by atoms with Crippen LogP contribution in [0, 0.1) is 0 Å². The number of carbonyl (C=O) groups excluding carboxylic acids is 1. The van der Waals surface area contributed by atoms with Crippen LogP contribution in [0.3, 0.4) is 0 Å². The number of carbonyl (C=O) groups is 1. The molecule has 0 atom stereocenters. The minimum absolute atomic E-state index is 0.144. The standard InChI is InChI=1S/C21H17N3O2S2/c1-24-12-17(16(10-20(24)25)19-3-2-7-28-19)21(26)23-11-14-4-6-22-18(9-14)15-5-8-27-13-15/h2-10,12-13H,11H2,1H3,(H,23,26). The molecule has 4 heterocycles. The number of amides is 1. The molecule has 4 aromatic heterocycles. The number of aryl methyl sites for hydroxylation is 1. The van der Waals surface area contributed by atoms with Crippen molar-refractivity contribution in [3.05, 3.63) is 86.4 Å². The van der Waals surface area contributed by atoms with Crippen molar-refractivity contribution in [3.8, 4) is 21.7 Å². The molecule has 0 bridgehead atoms. The van der Waals surface area contributed by atoms with Crippen molar-refractivity contribution in [1.82, 2.24) is 14.9 Å². The van der Waals surface area contributed by atoms with Crippen LogP contribution < -0.4 is 10.9 Å². The van der Waals surface area contributed by atoms with Crippen LogP contribution >= 0.6 is 22.7 Å². The zero-order valence-electron chi connectivity index (χ0n) is 15.1. The van der Waals surface area contributed by atoms with Crippen LogP contribution in [0.1, 0.15) is 15.9 Å². The highest BCUT2D eigenvalue weighted by Gasteiger charge is 2.15. The van der Waals surface area contributed by atoms with Gasteiger partial charge in [0.05, 0.1) is 11.3 Å². The highest BCUT2D eigenvalue weighted by molar-refractivity contribution is 7.13. The summed E-state index contributed by atoms with van der Waals surface area (Å²) in [6.07, 6.45) is 3.34. The Morgan fingerprint density at radius 3 is 2.86 bits per heavy atom. The molecule has 28 heavy (non-hydrogen) atoms. The first-order valence-corrected chi connectivity index (χ1v) is 10.4. The normalized spacial score (nSPS) is 10.8. The van der Waals surface area contributed by atoms with Crippen LogP contribution in [0.5, 0.6) is 0 Å². The first kappa shape index (κ1) is 18.3. The zero-order chi connectivity index (χ0) is 19.5. The van der Waals surface area contributed by atoms with Gasteiger partial charge in [0.25, 0.3) is 11.5 Å². The van der Waals surface area contributed by atoms with E-state index in [1.807, 2.05) is 46.5 Å². The second kappa shape index (κ2) is 7.92. The summed E-state index contributed by atoms with van der Waals surface area (Å²) in [4.78, 5) is 30.2. The van der Waals surface area contributed by atoms with Crippen molar-refractivity contribution < 1.29 is 4.79 Å². The average molecular weight is 408 g/mol. The number of hydrogen-bond donors (Lipinski definition) is 1. The highest BCUT2D eigenvalue weighted by Crippen LogP contribution is 2.27. The number of rotatable bonds is 5. The van der Waals surface area contributed by atoms with Crippen LogP contribution in [0.4, 0.5) is 0 Å². The van der Waals surface area contributed by atoms with Gasteiger partial charge >= 0.3 is 0 Å². The number of nitrogens with zero attached hydrogens (tertiary/aromatic N) is 2. The molecule has 1 N–H and O–H groups in total. The lowest BCUT2D eigenvalue weighted by Crippen LogP contribution is -2.26. The maximum atomic E-state index is 12.9. The fourth-order valence-corrected chi connectivity index (χ4v) is 4.28. The van der Waals surface area contributed by atoms with Crippen molar-refractivity contribution >= 4 is 28.6 Å². The summed E-state index contributed by atoms with van der Waals surface area (Å²) in [5.41, 5.74) is 3.91. The first-order valence-electron chi connectivity index (χ1n) is 8.62. The number of thiophene rings is 2. The maximum absolute atomic E-state index is 12.9. The second-order valence-electron chi connectivity index (χ2n) is 6.27. The molecule has 0 spiro atoms. The van der Waals surface area contributed by atoms with E-state index in [0.717, 1.165) is 21.7 Å². The van der Waals surface area contributed by atoms with Gasteiger partial charge in [0.1, 0.15) is 0 Å². The Hall–Kier alpha value is -3.03. The fourth-order valence-electron chi connectivity index (χ4n) is 2.88. The van der Waals surface area contributed by atoms with E-state index in [-0.39, 0.29) is 11.5 Å². The topological polar surface area (TPSA) is 64.0 Å². The molecule has 140 valence electrons. The van der Waals surface area contributed by atoms with E-state index >= 15 is 0 Å². The summed E-state index contributed by atoms with van der Waals surface area (Å²) < 4.78 is 1.42. The van der Waals surface area contributed by atoms with Gasteiger partial charge in [-0.3, -0.25) is 14.6 Å². The van der Waals surface area contributed by atoms with Gasteiger partial charge in [0.15, 0.2) is 0 Å². The van der Waals surface area contributed by atoms with E-state index in [1.165, 1.54) is 22.0 Å². The van der Waals surface area contributed by atoms with Gasteiger partial charge in [-0.25, -0.2) is 0 Å². The summed E-state index contributed by atoms with van der Waals surface area (Å²) in [5, 5.41) is 8.95. The highest BCUT2D eigenvalue weighted by atomic mass is 32.1. The summed E-state index contributed by atoms with van der Waals surface area (Å²) >= 11 is 3.12. The van der Waals surface area contributed by atoms with E-state index in [0.29, 0.717) is 17.7 Å². The molecule has 1 amide bonds. The predicted molar refractivity (Wildman–Crippen MR) is 114 cm³/mol. The Labute approximate surface area is 170 Å². The summed E-state index contributed by atoms with van der Waals surface area (Å²) in [6, 6.07) is 11.2. The van der Waals surface area contributed by atoms with Crippen molar-refractivity contribution in [2.24, 2.45) is 7.05 Å². The van der Waals surface area contributed by atoms with Gasteiger partial charge in [-0.15, -0.1) is 11.3 Å². The van der Waals surface area contributed by atoms with Crippen LogP contribution in [0.25, 0.3) is 21.7 Å². The molecule has 0 aliphatic rings. The Morgan fingerprint density at radius 1 is 1.21 bits per heavy atom. The largest absolute Gasteiger partial charge is 0.348 e. The van der Waals surface area contributed by atoms with Crippen LogP contribution in [0.2, 0.25) is 0 Å². The Morgan fingerprint density at radius 2 is 2.11 bits per heavy atom. The lowest BCUT2D eigenvalue weighted by Gasteiger charge is -2.11. The Bertz CT molecular complexity index is 1160. The first-order chi connectivity index (χ1) is 13.6. The van der Waals surface area contributed by atoms with Crippen molar-refractivity contribution in [2.45, 2.75) is 6.54 Å². The molecule has 0 aliphatic heterocycles. The number of nitrogens with one attached hydrogen (secondary N) is 1. The average Bonchev–Trinajstić information content (AvgIpc) is 3.42. The lowest BCUT2D eigenvalue weighted by molar-refractivity contribution is 0.0951. The van der Waals surface area contributed by atoms with Gasteiger partial charge in [-0.2, -0.15) is 11.3 Å². The molecule has 4 rings (SSSR count). The van der Waals surface area contributed by atoms with Crippen molar-refractivity contribution in [1.29, 1.82) is 0 Å². The fraction of sp³-hybridized carbons (Fsp3) is 0.0952. The van der Waals surface area contributed by atoms with Gasteiger partial charge in [-0.1, -0.05) is 6.07 Å². The number of pyridine rings is 2. The molecule has 0 saturated carbocycles. The quantitative estimate of drug-likeness (QED) is 0.540. The number of aromatic nitrogens is 2. The molecule has 0 unspecified atom stereocenters. The molecule has 0 fully saturated rings. The second-order valence-corrected chi connectivity index (χ2v) is 8.00. The molecule has 0 saturated heterocycles. The molecule has 4 aromatic rings. The third-order valence-electron chi connectivity index (χ3n) is 4.35. The van der Waals surface area contributed by atoms with E-state index < -0.39 is 0 Å². The van der Waals surface area contributed by atoms with Gasteiger partial charge in [0, 0.05) is 53.4 Å². The van der Waals surface area contributed by atoms with Crippen LogP contribution in [-0.2, 0) is 13.6 Å². The third kappa shape index (κ3) is 3.81. The van der Waals surface area contributed by atoms with Crippen molar-refractivity contribution in [2.75, 3.05) is 0 Å². The van der Waals surface area contributed by atoms with Crippen LogP contribution in [-0.4, -0.2) is 15.5 Å². The zero-order valence-corrected chi connectivity index (χ0v) is 16.7. The Balaban J connectivity index is 1.57. The van der Waals surface area contributed by atoms with Gasteiger partial charge in [-0.05, 0) is 40.6 Å². The lowest BCUT2D eigenvalue weighted by atomic mass is 10.1. The third-order valence-corrected chi connectivity index (χ3v) is 5.94. The molecular weight excluding hydrogens is 390 g/mol. The molecule has 0 aromatic carbocycles. The maximum Gasteiger partial charge on any atom is 0.253 e. The number of hydrogen-bond acceptors (Lipinski definition) is 5. The monoisotopic (exact) mass is 407 g/mol. The van der Waals surface area contributed by atoms with Gasteiger partial charge < -0.3 is 9.88 Å². The summed E-state index contributed by atoms with van der Waals surface area (Å²) in [6.45, 7) is 0.380. The Kier molecular flexibility index (Phi) is 5.18. The van der Waals surface area contributed by atoms with E-state index in [1.54, 1.807) is 30.8 Å². The molecule has 7 heteroatoms. The van der Waals surface area contributed by atoms with E-state index in [4.69, 9.17) is 0 Å². The van der Waals surface area contributed by atoms with E-state index in [9.17, 15) is 9.59 Å². The molecular formula is C21H17N3O2S2. The molecule has 0 aliphatic carbocycles. The van der Waals surface area contributed by atoms with Gasteiger partial charge in [0.2, 0.25) is 0 Å². The van der Waals surface area contributed by atoms with Crippen molar-refractivity contribution in [3.63, 3.8) is 0 Å². The minimum Gasteiger partial charge on any atom is -0.348 e. The molecule has 0 radical (unpaired) electrons. The summed E-state index contributed by atoms with van der Waals surface area (Å²) in [5.74, 6) is -0.215. The molecule has 5 nitrogen and oxygen atoms in total. The van der Waals surface area contributed by atoms with E-state index in [2.05, 4.69) is 10.3 Å². The summed E-state index contributed by atoms with van der Waals surface area (Å²) in [7, 11) is 1.65. The van der Waals surface area contributed by atoms with Crippen LogP contribution in [0.15, 0.2) is 69.7 Å². The minimum atomic E-state index is -0.215. The predicted octanol–water partition coefficient (Wildman–Crippen LogP) is 4.17. The SMILES string of the molecule is Cn1cc(C(=O)NCc2ccnc(-c3ccsc3)c2)c(-c2cccs2)cc1=O. The smallest absolute Gasteiger partial charge is 0.253 e.